The highest BCUT2D eigenvalue weighted by atomic mass is 35.5. The largest absolute Gasteiger partial charge is 0.477 e. The quantitative estimate of drug-likeness (QED) is 0.183. The Morgan fingerprint density at radius 1 is 1.30 bits per heavy atom. The topological polar surface area (TPSA) is 154 Å². The molecule has 0 aromatic heterocycles. The lowest BCUT2D eigenvalue weighted by Crippen LogP contribution is -2.70. The fourth-order valence-corrected chi connectivity index (χ4v) is 8.75. The number of benzene rings is 1. The number of carboxylic acids is 1. The molecule has 1 aromatic carbocycles. The molecule has 0 radical (unpaired) electrons. The van der Waals surface area contributed by atoms with Gasteiger partial charge in [0.05, 0.1) is 15.8 Å². The molecule has 4 rings (SSSR count). The van der Waals surface area contributed by atoms with E-state index in [2.05, 4.69) is 10.3 Å². The van der Waals surface area contributed by atoms with Crippen LogP contribution in [0.15, 0.2) is 49.8 Å². The Labute approximate surface area is 240 Å². The van der Waals surface area contributed by atoms with Gasteiger partial charge in [0.15, 0.2) is 6.29 Å². The zero-order chi connectivity index (χ0) is 26.9. The average molecular weight is 622 g/mol. The summed E-state index contributed by atoms with van der Waals surface area (Å²) in [5.41, 5.74) is 11.7. The predicted molar refractivity (Wildman–Crippen MR) is 152 cm³/mol. The van der Waals surface area contributed by atoms with Gasteiger partial charge in [-0.25, -0.2) is 9.79 Å². The van der Waals surface area contributed by atoms with Gasteiger partial charge in [-0.15, -0.1) is 35.3 Å². The maximum Gasteiger partial charge on any atom is 0.353 e. The summed E-state index contributed by atoms with van der Waals surface area (Å²) >= 11 is 17.5. The smallest absolute Gasteiger partial charge is 0.353 e. The van der Waals surface area contributed by atoms with Gasteiger partial charge in [-0.3, -0.25) is 20.2 Å². The van der Waals surface area contributed by atoms with E-state index in [0.717, 1.165) is 5.03 Å². The van der Waals surface area contributed by atoms with Gasteiger partial charge in [-0.05, 0) is 18.2 Å². The molecule has 0 saturated carbocycles. The minimum atomic E-state index is -1.19. The molecule has 198 valence electrons. The Morgan fingerprint density at radius 3 is 2.78 bits per heavy atom. The number of hydrogen-bond donors (Lipinski definition) is 4. The number of β-lactam (4-membered cyclic amide) rings is 1. The van der Waals surface area contributed by atoms with E-state index in [-0.39, 0.29) is 17.4 Å². The molecule has 0 aliphatic carbocycles. The van der Waals surface area contributed by atoms with Gasteiger partial charge in [-0.2, -0.15) is 0 Å². The van der Waals surface area contributed by atoms with Crippen molar-refractivity contribution in [1.82, 2.24) is 15.1 Å². The molecule has 0 bridgehead atoms. The number of nitrogens with one attached hydrogen (secondary N) is 1. The third-order valence-electron chi connectivity index (χ3n) is 5.44. The van der Waals surface area contributed by atoms with Crippen molar-refractivity contribution in [1.29, 1.82) is 0 Å². The van der Waals surface area contributed by atoms with Crippen LogP contribution in [-0.2, 0) is 14.4 Å². The van der Waals surface area contributed by atoms with Crippen molar-refractivity contribution < 1.29 is 19.5 Å². The number of nitrogens with zero attached hydrogens (tertiary/aromatic N) is 3. The first-order valence-electron chi connectivity index (χ1n) is 10.6. The van der Waals surface area contributed by atoms with Crippen molar-refractivity contribution in [2.45, 2.75) is 22.6 Å². The van der Waals surface area contributed by atoms with Crippen molar-refractivity contribution in [3.63, 3.8) is 0 Å². The van der Waals surface area contributed by atoms with Crippen LogP contribution in [0.1, 0.15) is 0 Å². The van der Waals surface area contributed by atoms with Crippen LogP contribution in [-0.4, -0.2) is 79.9 Å². The first kappa shape index (κ1) is 28.3. The molecule has 16 heteroatoms. The number of amides is 2. The second-order valence-corrected chi connectivity index (χ2v) is 13.3. The average Bonchev–Trinajstić information content (AvgIpc) is 2.85. The number of nitrogens with two attached hydrogens (primary N) is 2. The van der Waals surface area contributed by atoms with Crippen molar-refractivity contribution in [3.8, 4) is 0 Å². The molecule has 1 aromatic rings. The van der Waals surface area contributed by atoms with Gasteiger partial charge in [0.1, 0.15) is 22.9 Å². The molecule has 3 atom stereocenters. The monoisotopic (exact) mass is 620 g/mol. The molecule has 6 N–H and O–H groups in total. The second kappa shape index (κ2) is 12.0. The Bertz CT molecular complexity index is 1230. The summed E-state index contributed by atoms with van der Waals surface area (Å²) in [5.74, 6) is -1.24. The Hall–Kier alpha value is -1.68. The van der Waals surface area contributed by atoms with E-state index in [4.69, 9.17) is 34.7 Å². The first-order valence-corrected chi connectivity index (χ1v) is 15.4. The van der Waals surface area contributed by atoms with E-state index >= 15 is 0 Å². The van der Waals surface area contributed by atoms with Gasteiger partial charge in [-0.1, -0.05) is 35.0 Å². The minimum absolute atomic E-state index is 0.0321. The normalized spacial score (nSPS) is 23.2. The molecular weight excluding hydrogens is 599 g/mol. The molecule has 1 fully saturated rings. The fraction of sp³-hybridized carbons (Fsp3) is 0.333. The summed E-state index contributed by atoms with van der Waals surface area (Å²) in [5, 5.41) is 14.4. The summed E-state index contributed by atoms with van der Waals surface area (Å²) in [7, 11) is 1.79. The number of hydrogen-bond acceptors (Lipinski definition) is 11. The molecule has 2 amide bonds. The lowest BCUT2D eigenvalue weighted by molar-refractivity contribution is -0.150. The standard InChI is InChI=1S/C21H22Cl2N6O4S4/c1-28-15(5-13(24)26-21(28)25)37-8-36-12-6-35-19-16(18(31)29(19)17(12)20(32)33)27-14(30)7-34-11-4-9(22)2-3-10(11)23/h2-5,16,19,21H,6-8,25H2,1H3,(H2,24,26)(H,27,30)(H,32,33)/t16-,19-,21?/m1/s1. The predicted octanol–water partition coefficient (Wildman–Crippen LogP) is 2.59. The highest BCUT2D eigenvalue weighted by molar-refractivity contribution is 8.19. The fourth-order valence-electron chi connectivity index (χ4n) is 3.59. The minimum Gasteiger partial charge on any atom is -0.477 e. The lowest BCUT2D eigenvalue weighted by Gasteiger charge is -2.49. The van der Waals surface area contributed by atoms with Crippen LogP contribution in [0, 0.1) is 0 Å². The number of aliphatic imine (C=N–C) groups is 1. The van der Waals surface area contributed by atoms with E-state index < -0.39 is 29.6 Å². The van der Waals surface area contributed by atoms with Crippen LogP contribution in [0.2, 0.25) is 10.0 Å². The van der Waals surface area contributed by atoms with Crippen molar-refractivity contribution >= 4 is 93.9 Å². The van der Waals surface area contributed by atoms with Crippen LogP contribution in [0.5, 0.6) is 0 Å². The third kappa shape index (κ3) is 6.32. The van der Waals surface area contributed by atoms with Crippen molar-refractivity contribution in [2.75, 3.05) is 23.6 Å². The molecule has 10 nitrogen and oxygen atoms in total. The van der Waals surface area contributed by atoms with Gasteiger partial charge < -0.3 is 21.1 Å². The van der Waals surface area contributed by atoms with Crippen LogP contribution in [0.25, 0.3) is 0 Å². The van der Waals surface area contributed by atoms with E-state index in [1.807, 2.05) is 0 Å². The molecule has 3 aliphatic rings. The summed E-state index contributed by atoms with van der Waals surface area (Å²) < 4.78 is 0. The number of halogens is 2. The molecule has 0 spiro atoms. The summed E-state index contributed by atoms with van der Waals surface area (Å²) in [6, 6.07) is 4.16. The number of carboxylic acid groups (broad SMARTS) is 1. The number of amidine groups is 1. The van der Waals surface area contributed by atoms with Gasteiger partial charge in [0, 0.05) is 38.8 Å². The Balaban J connectivity index is 1.35. The Kier molecular flexibility index (Phi) is 9.20. The van der Waals surface area contributed by atoms with Crippen LogP contribution >= 0.6 is 70.2 Å². The molecule has 1 unspecified atom stereocenters. The van der Waals surface area contributed by atoms with E-state index in [1.54, 1.807) is 36.2 Å². The SMILES string of the molecule is CN1C(SCSC2=C(C(=O)O)N3C(=O)[C@@H](NC(=O)CSc4cc(Cl)ccc4Cl)[C@H]3SC2)=CC(N)=NC1N. The van der Waals surface area contributed by atoms with Crippen molar-refractivity contribution in [2.24, 2.45) is 16.5 Å². The number of thioether (sulfide) groups is 4. The third-order valence-corrected chi connectivity index (χ3v) is 11.0. The second-order valence-electron chi connectivity index (χ2n) is 7.86. The summed E-state index contributed by atoms with van der Waals surface area (Å²) in [6.45, 7) is 0. The number of fused-ring (bicyclic) bond motifs is 1. The molecule has 1 saturated heterocycles. The maximum atomic E-state index is 12.9. The lowest BCUT2D eigenvalue weighted by atomic mass is 10.1. The maximum absolute atomic E-state index is 12.9. The van der Waals surface area contributed by atoms with Crippen molar-refractivity contribution in [3.05, 3.63) is 50.0 Å². The van der Waals surface area contributed by atoms with Crippen LogP contribution in [0.4, 0.5) is 0 Å². The first-order chi connectivity index (χ1) is 17.6. The molecule has 37 heavy (non-hydrogen) atoms. The van der Waals surface area contributed by atoms with Crippen LogP contribution in [0.3, 0.4) is 0 Å². The Morgan fingerprint density at radius 2 is 2.05 bits per heavy atom. The van der Waals surface area contributed by atoms with E-state index in [0.29, 0.717) is 36.5 Å². The zero-order valence-corrected chi connectivity index (χ0v) is 24.0. The molecule has 3 aliphatic heterocycles. The van der Waals surface area contributed by atoms with Gasteiger partial charge in [0.2, 0.25) is 5.91 Å². The van der Waals surface area contributed by atoms with Gasteiger partial charge in [0.25, 0.3) is 5.91 Å². The molecular formula is C21H22Cl2N6O4S4. The van der Waals surface area contributed by atoms with Gasteiger partial charge >= 0.3 is 5.97 Å². The number of rotatable bonds is 9. The highest BCUT2D eigenvalue weighted by Crippen LogP contribution is 2.44. The molecule has 3 heterocycles. The number of aliphatic carboxylic acids is 1. The summed E-state index contributed by atoms with van der Waals surface area (Å²) in [4.78, 5) is 45.8. The van der Waals surface area contributed by atoms with Crippen LogP contribution < -0.4 is 16.8 Å². The summed E-state index contributed by atoms with van der Waals surface area (Å²) in [6.07, 6.45) is 1.13. The number of carbonyl (C=O) groups excluding carboxylic acids is 2. The highest BCUT2D eigenvalue weighted by Gasteiger charge is 2.54. The number of carbonyl (C=O) groups is 3. The van der Waals surface area contributed by atoms with E-state index in [9.17, 15) is 19.5 Å². The zero-order valence-electron chi connectivity index (χ0n) is 19.2. The van der Waals surface area contributed by atoms with E-state index in [1.165, 1.54) is 51.9 Å².